The van der Waals surface area contributed by atoms with Gasteiger partial charge in [-0.25, -0.2) is 9.97 Å². The lowest BCUT2D eigenvalue weighted by atomic mass is 10.2. The van der Waals surface area contributed by atoms with Crippen molar-refractivity contribution in [2.75, 3.05) is 0 Å². The zero-order chi connectivity index (χ0) is 9.97. The van der Waals surface area contributed by atoms with Crippen LogP contribution in [0.25, 0.3) is 11.5 Å². The van der Waals surface area contributed by atoms with Crippen LogP contribution in [0.5, 0.6) is 0 Å². The summed E-state index contributed by atoms with van der Waals surface area (Å²) in [7, 11) is 0. The molecular weight excluding hydrogens is 182 g/mol. The molecule has 2 aromatic heterocycles. The molecule has 0 aliphatic rings. The number of hydrogen-bond donors (Lipinski definition) is 1. The first-order valence-electron chi connectivity index (χ1n) is 4.11. The molecule has 0 unspecified atom stereocenters. The van der Waals surface area contributed by atoms with E-state index in [1.807, 2.05) is 6.92 Å². The summed E-state index contributed by atoms with van der Waals surface area (Å²) in [6.07, 6.45) is 3.11. The monoisotopic (exact) mass is 191 g/mol. The van der Waals surface area contributed by atoms with Crippen molar-refractivity contribution in [3.63, 3.8) is 0 Å². The zero-order valence-corrected chi connectivity index (χ0v) is 7.64. The average molecular weight is 191 g/mol. The first kappa shape index (κ1) is 8.76. The maximum absolute atomic E-state index is 5.36. The van der Waals surface area contributed by atoms with Gasteiger partial charge in [-0.2, -0.15) is 4.98 Å². The Balaban J connectivity index is 2.44. The van der Waals surface area contributed by atoms with Crippen molar-refractivity contribution >= 4 is 0 Å². The van der Waals surface area contributed by atoms with Crippen molar-refractivity contribution in [1.82, 2.24) is 20.1 Å². The van der Waals surface area contributed by atoms with Gasteiger partial charge in [0, 0.05) is 6.20 Å². The second-order valence-corrected chi connectivity index (χ2v) is 2.74. The van der Waals surface area contributed by atoms with E-state index >= 15 is 0 Å². The van der Waals surface area contributed by atoms with Crippen molar-refractivity contribution < 1.29 is 4.52 Å². The fourth-order valence-electron chi connectivity index (χ4n) is 1.05. The molecule has 0 amide bonds. The summed E-state index contributed by atoms with van der Waals surface area (Å²) >= 11 is 0. The molecule has 0 bridgehead atoms. The van der Waals surface area contributed by atoms with Crippen LogP contribution in [-0.4, -0.2) is 20.1 Å². The maximum Gasteiger partial charge on any atom is 0.261 e. The van der Waals surface area contributed by atoms with Crippen LogP contribution < -0.4 is 5.73 Å². The van der Waals surface area contributed by atoms with Gasteiger partial charge in [0.2, 0.25) is 0 Å². The van der Waals surface area contributed by atoms with E-state index in [0.29, 0.717) is 11.7 Å². The predicted molar refractivity (Wildman–Crippen MR) is 48.0 cm³/mol. The summed E-state index contributed by atoms with van der Waals surface area (Å²) in [5.74, 6) is 0.881. The van der Waals surface area contributed by atoms with E-state index in [4.69, 9.17) is 10.3 Å². The third kappa shape index (κ3) is 1.47. The Morgan fingerprint density at radius 1 is 1.50 bits per heavy atom. The van der Waals surface area contributed by atoms with Gasteiger partial charge < -0.3 is 10.3 Å². The third-order valence-electron chi connectivity index (χ3n) is 1.79. The largest absolute Gasteiger partial charge is 0.334 e. The van der Waals surface area contributed by atoms with E-state index in [9.17, 15) is 0 Å². The fraction of sp³-hybridized carbons (Fsp3) is 0.250. The molecular formula is C8H9N5O. The molecule has 6 heteroatoms. The Morgan fingerprint density at radius 3 is 3.00 bits per heavy atom. The van der Waals surface area contributed by atoms with Crippen LogP contribution in [0.3, 0.4) is 0 Å². The van der Waals surface area contributed by atoms with E-state index in [-0.39, 0.29) is 6.54 Å². The van der Waals surface area contributed by atoms with Gasteiger partial charge in [0.15, 0.2) is 5.82 Å². The van der Waals surface area contributed by atoms with Crippen molar-refractivity contribution in [3.8, 4) is 11.5 Å². The highest BCUT2D eigenvalue weighted by molar-refractivity contribution is 5.53. The first-order chi connectivity index (χ1) is 6.81. The van der Waals surface area contributed by atoms with E-state index < -0.39 is 0 Å². The summed E-state index contributed by atoms with van der Waals surface area (Å²) in [5.41, 5.74) is 6.90. The SMILES string of the molecule is Cc1ncncc1-c1nc(CN)no1. The molecule has 14 heavy (non-hydrogen) atoms. The molecule has 0 fully saturated rings. The van der Waals surface area contributed by atoms with Gasteiger partial charge in [0.1, 0.15) is 6.33 Å². The predicted octanol–water partition coefficient (Wildman–Crippen LogP) is 0.294. The maximum atomic E-state index is 5.36. The number of nitrogens with two attached hydrogens (primary N) is 1. The van der Waals surface area contributed by atoms with E-state index in [2.05, 4.69) is 20.1 Å². The Hall–Kier alpha value is -1.82. The van der Waals surface area contributed by atoms with E-state index in [1.165, 1.54) is 6.33 Å². The van der Waals surface area contributed by atoms with E-state index in [0.717, 1.165) is 11.3 Å². The summed E-state index contributed by atoms with van der Waals surface area (Å²) in [6.45, 7) is 2.11. The number of nitrogens with zero attached hydrogens (tertiary/aromatic N) is 4. The standard InChI is InChI=1S/C8H9N5O/c1-5-6(3-10-4-11-5)8-12-7(2-9)13-14-8/h3-4H,2,9H2,1H3. The van der Waals surface area contributed by atoms with Gasteiger partial charge in [-0.05, 0) is 6.92 Å². The van der Waals surface area contributed by atoms with Gasteiger partial charge in [0.25, 0.3) is 5.89 Å². The molecule has 2 N–H and O–H groups in total. The minimum atomic E-state index is 0.260. The van der Waals surface area contributed by atoms with Gasteiger partial charge >= 0.3 is 0 Å². The quantitative estimate of drug-likeness (QED) is 0.733. The Kier molecular flexibility index (Phi) is 2.19. The zero-order valence-electron chi connectivity index (χ0n) is 7.64. The number of aromatic nitrogens is 4. The molecule has 0 saturated heterocycles. The highest BCUT2D eigenvalue weighted by Crippen LogP contribution is 2.17. The first-order valence-corrected chi connectivity index (χ1v) is 4.11. The molecule has 72 valence electrons. The van der Waals surface area contributed by atoms with Crippen molar-refractivity contribution in [3.05, 3.63) is 24.0 Å². The smallest absolute Gasteiger partial charge is 0.261 e. The van der Waals surface area contributed by atoms with Crippen LogP contribution in [0.2, 0.25) is 0 Å². The van der Waals surface area contributed by atoms with Gasteiger partial charge in [0.05, 0.1) is 17.8 Å². The number of hydrogen-bond acceptors (Lipinski definition) is 6. The molecule has 0 radical (unpaired) electrons. The summed E-state index contributed by atoms with van der Waals surface area (Å²) in [6, 6.07) is 0. The second kappa shape index (κ2) is 3.51. The van der Waals surface area contributed by atoms with Crippen LogP contribution in [-0.2, 0) is 6.54 Å². The lowest BCUT2D eigenvalue weighted by molar-refractivity contribution is 0.422. The summed E-state index contributed by atoms with van der Waals surface area (Å²) < 4.78 is 5.00. The lowest BCUT2D eigenvalue weighted by Crippen LogP contribution is -1.98. The molecule has 2 heterocycles. The Labute approximate surface area is 80.2 Å². The van der Waals surface area contributed by atoms with Crippen LogP contribution in [0.15, 0.2) is 17.0 Å². The number of aryl methyl sites for hydroxylation is 1. The lowest BCUT2D eigenvalue weighted by Gasteiger charge is -1.95. The van der Waals surface area contributed by atoms with Crippen molar-refractivity contribution in [1.29, 1.82) is 0 Å². The third-order valence-corrected chi connectivity index (χ3v) is 1.79. The molecule has 0 atom stereocenters. The van der Waals surface area contributed by atoms with Gasteiger partial charge in [-0.1, -0.05) is 5.16 Å². The van der Waals surface area contributed by atoms with Gasteiger partial charge in [-0.15, -0.1) is 0 Å². The normalized spacial score (nSPS) is 10.4. The molecule has 0 aromatic carbocycles. The Morgan fingerprint density at radius 2 is 2.36 bits per heavy atom. The molecule has 2 aromatic rings. The van der Waals surface area contributed by atoms with Crippen LogP contribution in [0.1, 0.15) is 11.5 Å². The summed E-state index contributed by atoms with van der Waals surface area (Å²) in [5, 5.41) is 3.69. The molecule has 0 spiro atoms. The second-order valence-electron chi connectivity index (χ2n) is 2.74. The number of rotatable bonds is 2. The molecule has 0 aliphatic heterocycles. The minimum absolute atomic E-state index is 0.260. The van der Waals surface area contributed by atoms with Crippen molar-refractivity contribution in [2.24, 2.45) is 5.73 Å². The van der Waals surface area contributed by atoms with Crippen LogP contribution in [0.4, 0.5) is 0 Å². The van der Waals surface area contributed by atoms with Crippen LogP contribution in [0, 0.1) is 6.92 Å². The average Bonchev–Trinajstić information content (AvgIpc) is 2.67. The molecule has 6 nitrogen and oxygen atoms in total. The molecule has 0 saturated carbocycles. The fourth-order valence-corrected chi connectivity index (χ4v) is 1.05. The highest BCUT2D eigenvalue weighted by atomic mass is 16.5. The summed E-state index contributed by atoms with van der Waals surface area (Å²) in [4.78, 5) is 12.0. The molecule has 0 aliphatic carbocycles. The Bertz CT molecular complexity index is 439. The molecule has 2 rings (SSSR count). The van der Waals surface area contributed by atoms with Crippen molar-refractivity contribution in [2.45, 2.75) is 13.5 Å². The topological polar surface area (TPSA) is 90.7 Å². The van der Waals surface area contributed by atoms with Gasteiger partial charge in [-0.3, -0.25) is 0 Å². The minimum Gasteiger partial charge on any atom is -0.334 e. The van der Waals surface area contributed by atoms with Crippen LogP contribution >= 0.6 is 0 Å². The van der Waals surface area contributed by atoms with E-state index in [1.54, 1.807) is 6.20 Å². The highest BCUT2D eigenvalue weighted by Gasteiger charge is 2.10.